The van der Waals surface area contributed by atoms with Gasteiger partial charge in [0.15, 0.2) is 0 Å². The van der Waals surface area contributed by atoms with Gasteiger partial charge >= 0.3 is 0 Å². The molecule has 0 aliphatic rings. The smallest absolute Gasteiger partial charge is 0.0775 e. The first kappa shape index (κ1) is 17.4. The second-order valence-electron chi connectivity index (χ2n) is 7.55. The molecule has 0 aliphatic heterocycles. The van der Waals surface area contributed by atoms with Crippen molar-refractivity contribution in [2.45, 2.75) is 72.3 Å². The molecule has 20 heavy (non-hydrogen) atoms. The molecule has 1 rings (SSSR count). The Morgan fingerprint density at radius 1 is 0.950 bits per heavy atom. The molecule has 0 aromatic heterocycles. The van der Waals surface area contributed by atoms with Crippen LogP contribution in [-0.2, 0) is 6.54 Å². The van der Waals surface area contributed by atoms with Crippen molar-refractivity contribution in [1.29, 1.82) is 0 Å². The van der Waals surface area contributed by atoms with Crippen LogP contribution >= 0.6 is 0 Å². The summed E-state index contributed by atoms with van der Waals surface area (Å²) in [5.41, 5.74) is 1.41. The molecule has 0 spiro atoms. The van der Waals surface area contributed by atoms with Crippen LogP contribution in [0.4, 0.5) is 0 Å². The number of hydrogen-bond acceptors (Lipinski definition) is 1. The summed E-state index contributed by atoms with van der Waals surface area (Å²) in [6.07, 6.45) is 3.96. The second kappa shape index (κ2) is 7.99. The van der Waals surface area contributed by atoms with Gasteiger partial charge in [-0.25, -0.2) is 0 Å². The fourth-order valence-electron chi connectivity index (χ4n) is 2.35. The molecular weight excluding hydrogens is 258 g/mol. The van der Waals surface area contributed by atoms with Gasteiger partial charge in [0, 0.05) is 12.6 Å². The van der Waals surface area contributed by atoms with Gasteiger partial charge in [-0.15, -0.1) is 0 Å². The van der Waals surface area contributed by atoms with E-state index in [0.717, 1.165) is 12.5 Å². The fraction of sp³-hybridized carbons (Fsp3) is 0.667. The lowest BCUT2D eigenvalue weighted by atomic mass is 10.0. The summed E-state index contributed by atoms with van der Waals surface area (Å²) < 4.78 is 0. The largest absolute Gasteiger partial charge is 0.310 e. The molecule has 0 saturated heterocycles. The Kier molecular flexibility index (Phi) is 6.97. The van der Waals surface area contributed by atoms with E-state index in [1.54, 1.807) is 5.19 Å². The van der Waals surface area contributed by atoms with Crippen LogP contribution in [0.15, 0.2) is 24.3 Å². The fourth-order valence-corrected chi connectivity index (χ4v) is 3.52. The average molecular weight is 292 g/mol. The summed E-state index contributed by atoms with van der Waals surface area (Å²) in [5, 5.41) is 5.19. The molecule has 1 aromatic carbocycles. The molecule has 0 radical (unpaired) electrons. The molecule has 114 valence electrons. The van der Waals surface area contributed by atoms with Crippen molar-refractivity contribution in [3.63, 3.8) is 0 Å². The summed E-state index contributed by atoms with van der Waals surface area (Å²) in [6, 6.07) is 9.85. The van der Waals surface area contributed by atoms with E-state index in [1.165, 1.54) is 24.8 Å². The minimum Gasteiger partial charge on any atom is -0.310 e. The third kappa shape index (κ3) is 6.71. The SMILES string of the molecule is CC(C)CCCC(C)NCc1ccc([Si](C)(C)C)cc1. The van der Waals surface area contributed by atoms with Gasteiger partial charge in [-0.3, -0.25) is 0 Å². The van der Waals surface area contributed by atoms with Crippen molar-refractivity contribution >= 4 is 13.3 Å². The van der Waals surface area contributed by atoms with Crippen molar-refractivity contribution in [2.75, 3.05) is 0 Å². The Morgan fingerprint density at radius 2 is 1.55 bits per heavy atom. The molecule has 1 atom stereocenters. The highest BCUT2D eigenvalue weighted by Gasteiger charge is 2.15. The van der Waals surface area contributed by atoms with E-state index in [2.05, 4.69) is 70.0 Å². The summed E-state index contributed by atoms with van der Waals surface area (Å²) in [5.74, 6) is 0.830. The average Bonchev–Trinajstić information content (AvgIpc) is 2.35. The van der Waals surface area contributed by atoms with Gasteiger partial charge < -0.3 is 5.32 Å². The maximum atomic E-state index is 3.64. The van der Waals surface area contributed by atoms with Crippen LogP contribution in [-0.4, -0.2) is 14.1 Å². The zero-order valence-electron chi connectivity index (χ0n) is 14.3. The second-order valence-corrected chi connectivity index (χ2v) is 12.6. The van der Waals surface area contributed by atoms with Crippen molar-refractivity contribution in [2.24, 2.45) is 5.92 Å². The zero-order valence-corrected chi connectivity index (χ0v) is 15.3. The first-order chi connectivity index (χ1) is 9.29. The van der Waals surface area contributed by atoms with Crippen molar-refractivity contribution < 1.29 is 0 Å². The molecule has 2 heteroatoms. The maximum Gasteiger partial charge on any atom is 0.0775 e. The first-order valence-corrected chi connectivity index (χ1v) is 11.6. The zero-order chi connectivity index (χ0) is 15.2. The molecule has 0 bridgehead atoms. The molecule has 1 unspecified atom stereocenters. The Morgan fingerprint density at radius 3 is 2.05 bits per heavy atom. The van der Waals surface area contributed by atoms with E-state index < -0.39 is 8.07 Å². The summed E-state index contributed by atoms with van der Waals surface area (Å²) in [4.78, 5) is 0. The lowest BCUT2D eigenvalue weighted by molar-refractivity contribution is 0.457. The van der Waals surface area contributed by atoms with Gasteiger partial charge in [0.05, 0.1) is 8.07 Å². The summed E-state index contributed by atoms with van der Waals surface area (Å²) >= 11 is 0. The van der Waals surface area contributed by atoms with Crippen LogP contribution in [0.5, 0.6) is 0 Å². The van der Waals surface area contributed by atoms with E-state index in [1.807, 2.05) is 0 Å². The number of benzene rings is 1. The molecule has 0 fully saturated rings. The summed E-state index contributed by atoms with van der Waals surface area (Å²) in [6.45, 7) is 15.1. The highest BCUT2D eigenvalue weighted by molar-refractivity contribution is 6.88. The standard InChI is InChI=1S/C18H33NSi/c1-15(2)8-7-9-16(3)19-14-17-10-12-18(13-11-17)20(4,5)6/h10-13,15-16,19H,7-9,14H2,1-6H3. The number of hydrogen-bond donors (Lipinski definition) is 1. The number of nitrogens with one attached hydrogen (secondary N) is 1. The Hall–Kier alpha value is -0.603. The van der Waals surface area contributed by atoms with E-state index in [0.29, 0.717) is 6.04 Å². The van der Waals surface area contributed by atoms with Gasteiger partial charge in [0.2, 0.25) is 0 Å². The van der Waals surface area contributed by atoms with E-state index in [-0.39, 0.29) is 0 Å². The molecule has 1 N–H and O–H groups in total. The van der Waals surface area contributed by atoms with Gasteiger partial charge in [0.25, 0.3) is 0 Å². The molecular formula is C18H33NSi. The molecule has 0 amide bonds. The lowest BCUT2D eigenvalue weighted by Crippen LogP contribution is -2.37. The summed E-state index contributed by atoms with van der Waals surface area (Å²) in [7, 11) is -1.15. The Bertz CT molecular complexity index is 375. The highest BCUT2D eigenvalue weighted by Crippen LogP contribution is 2.09. The van der Waals surface area contributed by atoms with Gasteiger partial charge in [-0.1, -0.05) is 75.8 Å². The third-order valence-corrected chi connectivity index (χ3v) is 5.96. The highest BCUT2D eigenvalue weighted by atomic mass is 28.3. The van der Waals surface area contributed by atoms with Crippen molar-refractivity contribution in [3.05, 3.63) is 29.8 Å². The van der Waals surface area contributed by atoms with Gasteiger partial charge in [-0.2, -0.15) is 0 Å². The predicted molar refractivity (Wildman–Crippen MR) is 94.4 cm³/mol. The molecule has 0 aliphatic carbocycles. The predicted octanol–water partition coefficient (Wildman–Crippen LogP) is 4.54. The Labute approximate surface area is 127 Å². The van der Waals surface area contributed by atoms with Crippen molar-refractivity contribution in [1.82, 2.24) is 5.32 Å². The molecule has 0 heterocycles. The quantitative estimate of drug-likeness (QED) is 0.694. The van der Waals surface area contributed by atoms with Crippen molar-refractivity contribution in [3.8, 4) is 0 Å². The molecule has 0 saturated carbocycles. The van der Waals surface area contributed by atoms with E-state index in [9.17, 15) is 0 Å². The number of rotatable bonds is 8. The van der Waals surface area contributed by atoms with Crippen LogP contribution in [0.3, 0.4) is 0 Å². The third-order valence-electron chi connectivity index (χ3n) is 3.89. The molecule has 1 nitrogen and oxygen atoms in total. The normalized spacial score (nSPS) is 13.8. The molecule has 1 aromatic rings. The Balaban J connectivity index is 2.34. The van der Waals surface area contributed by atoms with Gasteiger partial charge in [-0.05, 0) is 24.8 Å². The van der Waals surface area contributed by atoms with Gasteiger partial charge in [0.1, 0.15) is 0 Å². The minimum absolute atomic E-state index is 0.616. The lowest BCUT2D eigenvalue weighted by Gasteiger charge is -2.18. The minimum atomic E-state index is -1.15. The van der Waals surface area contributed by atoms with E-state index >= 15 is 0 Å². The van der Waals surface area contributed by atoms with Crippen LogP contribution in [0.1, 0.15) is 45.6 Å². The van der Waals surface area contributed by atoms with Crippen LogP contribution in [0.25, 0.3) is 0 Å². The van der Waals surface area contributed by atoms with Crippen LogP contribution in [0.2, 0.25) is 19.6 Å². The maximum absolute atomic E-state index is 3.64. The van der Waals surface area contributed by atoms with Crippen LogP contribution < -0.4 is 10.5 Å². The monoisotopic (exact) mass is 291 g/mol. The first-order valence-electron chi connectivity index (χ1n) is 8.12. The van der Waals surface area contributed by atoms with E-state index in [4.69, 9.17) is 0 Å². The topological polar surface area (TPSA) is 12.0 Å². The van der Waals surface area contributed by atoms with Crippen LogP contribution in [0, 0.1) is 5.92 Å².